The zero-order valence-electron chi connectivity index (χ0n) is 11.6. The number of nitrogens with one attached hydrogen (secondary N) is 1. The van der Waals surface area contributed by atoms with Crippen molar-refractivity contribution >= 4 is 11.6 Å². The number of halogens is 2. The van der Waals surface area contributed by atoms with Gasteiger partial charge in [0, 0.05) is 12.6 Å². The largest absolute Gasteiger partial charge is 0.310 e. The van der Waals surface area contributed by atoms with Gasteiger partial charge in [0.25, 0.3) is 0 Å². The number of rotatable bonds is 6. The number of benzene rings is 2. The molecule has 2 rings (SSSR count). The second-order valence-corrected chi connectivity index (χ2v) is 5.46. The summed E-state index contributed by atoms with van der Waals surface area (Å²) in [6, 6.07) is 15.7. The Hall–Kier alpha value is -1.38. The highest BCUT2D eigenvalue weighted by atomic mass is 35.5. The molecule has 3 heteroatoms. The molecule has 0 bridgehead atoms. The van der Waals surface area contributed by atoms with Crippen molar-refractivity contribution in [1.82, 2.24) is 5.32 Å². The molecule has 0 heterocycles. The third-order valence-corrected chi connectivity index (χ3v) is 3.65. The van der Waals surface area contributed by atoms with Crippen LogP contribution in [0.1, 0.15) is 24.5 Å². The Morgan fingerprint density at radius 3 is 2.55 bits per heavy atom. The standard InChI is InChI=1S/C17H19ClFN/c1-13(7-8-14-5-3-2-4-6-14)20-12-15-9-10-16(18)17(19)11-15/h2-6,9-11,13,20H,7-8,12H2,1H3. The molecule has 0 aliphatic carbocycles. The maximum Gasteiger partial charge on any atom is 0.142 e. The van der Waals surface area contributed by atoms with Crippen LogP contribution >= 0.6 is 11.6 Å². The third kappa shape index (κ3) is 4.62. The molecule has 0 amide bonds. The van der Waals surface area contributed by atoms with Crippen LogP contribution in [0.3, 0.4) is 0 Å². The second kappa shape index (κ2) is 7.41. The molecular formula is C17H19ClFN. The fourth-order valence-electron chi connectivity index (χ4n) is 2.07. The lowest BCUT2D eigenvalue weighted by atomic mass is 10.1. The zero-order valence-corrected chi connectivity index (χ0v) is 12.3. The van der Waals surface area contributed by atoms with Gasteiger partial charge in [0.2, 0.25) is 0 Å². The lowest BCUT2D eigenvalue weighted by Crippen LogP contribution is -2.26. The van der Waals surface area contributed by atoms with Crippen LogP contribution in [0.25, 0.3) is 0 Å². The van der Waals surface area contributed by atoms with Crippen LogP contribution in [0, 0.1) is 5.82 Å². The Bertz CT molecular complexity index is 542. The average Bonchev–Trinajstić information content (AvgIpc) is 2.47. The SMILES string of the molecule is CC(CCc1ccccc1)NCc1ccc(Cl)c(F)c1. The van der Waals surface area contributed by atoms with Crippen LogP contribution in [0.5, 0.6) is 0 Å². The van der Waals surface area contributed by atoms with Gasteiger partial charge in [-0.05, 0) is 43.0 Å². The molecule has 1 atom stereocenters. The Morgan fingerprint density at radius 2 is 1.85 bits per heavy atom. The van der Waals surface area contributed by atoms with Crippen molar-refractivity contribution in [2.75, 3.05) is 0 Å². The predicted octanol–water partition coefficient (Wildman–Crippen LogP) is 4.59. The first kappa shape index (κ1) is 15.0. The van der Waals surface area contributed by atoms with Gasteiger partial charge < -0.3 is 5.32 Å². The highest BCUT2D eigenvalue weighted by molar-refractivity contribution is 6.30. The van der Waals surface area contributed by atoms with Crippen molar-refractivity contribution in [3.63, 3.8) is 0 Å². The molecule has 0 saturated heterocycles. The molecule has 1 unspecified atom stereocenters. The minimum atomic E-state index is -0.358. The molecule has 1 N–H and O–H groups in total. The zero-order chi connectivity index (χ0) is 14.4. The van der Waals surface area contributed by atoms with Crippen LogP contribution in [-0.4, -0.2) is 6.04 Å². The van der Waals surface area contributed by atoms with Crippen molar-refractivity contribution in [2.45, 2.75) is 32.4 Å². The molecule has 0 aliphatic rings. The summed E-state index contributed by atoms with van der Waals surface area (Å²) in [6.45, 7) is 2.80. The average molecular weight is 292 g/mol. The van der Waals surface area contributed by atoms with Crippen molar-refractivity contribution in [3.8, 4) is 0 Å². The topological polar surface area (TPSA) is 12.0 Å². The minimum absolute atomic E-state index is 0.172. The molecule has 1 nitrogen and oxygen atoms in total. The molecule has 20 heavy (non-hydrogen) atoms. The molecule has 0 fully saturated rings. The van der Waals surface area contributed by atoms with Crippen LogP contribution in [0.4, 0.5) is 4.39 Å². The van der Waals surface area contributed by atoms with Crippen molar-refractivity contribution in [3.05, 3.63) is 70.5 Å². The van der Waals surface area contributed by atoms with E-state index >= 15 is 0 Å². The lowest BCUT2D eigenvalue weighted by molar-refractivity contribution is 0.512. The Balaban J connectivity index is 1.77. The Kier molecular flexibility index (Phi) is 5.57. The predicted molar refractivity (Wildman–Crippen MR) is 82.5 cm³/mol. The maximum absolute atomic E-state index is 13.3. The van der Waals surface area contributed by atoms with Crippen molar-refractivity contribution in [1.29, 1.82) is 0 Å². The van der Waals surface area contributed by atoms with Crippen LogP contribution in [0.2, 0.25) is 5.02 Å². The van der Waals surface area contributed by atoms with Crippen LogP contribution in [-0.2, 0) is 13.0 Å². The van der Waals surface area contributed by atoms with Gasteiger partial charge in [-0.1, -0.05) is 48.0 Å². The first-order valence-electron chi connectivity index (χ1n) is 6.86. The summed E-state index contributed by atoms with van der Waals surface area (Å²) >= 11 is 5.67. The first-order valence-corrected chi connectivity index (χ1v) is 7.24. The van der Waals surface area contributed by atoms with E-state index in [1.54, 1.807) is 6.07 Å². The highest BCUT2D eigenvalue weighted by Crippen LogP contribution is 2.15. The quantitative estimate of drug-likeness (QED) is 0.821. The summed E-state index contributed by atoms with van der Waals surface area (Å²) in [4.78, 5) is 0. The summed E-state index contributed by atoms with van der Waals surface area (Å²) in [5, 5.41) is 3.58. The van der Waals surface area contributed by atoms with Crippen molar-refractivity contribution in [2.24, 2.45) is 0 Å². The van der Waals surface area contributed by atoms with Gasteiger partial charge in [0.1, 0.15) is 5.82 Å². The van der Waals surface area contributed by atoms with Gasteiger partial charge >= 0.3 is 0 Å². The molecule has 2 aromatic rings. The van der Waals surface area contributed by atoms with E-state index in [9.17, 15) is 4.39 Å². The van der Waals surface area contributed by atoms with E-state index in [2.05, 4.69) is 36.5 Å². The highest BCUT2D eigenvalue weighted by Gasteiger charge is 2.04. The van der Waals surface area contributed by atoms with E-state index in [0.29, 0.717) is 12.6 Å². The molecular weight excluding hydrogens is 273 g/mol. The summed E-state index contributed by atoms with van der Waals surface area (Å²) in [6.07, 6.45) is 2.10. The number of hydrogen-bond donors (Lipinski definition) is 1. The van der Waals surface area contributed by atoms with Crippen LogP contribution in [0.15, 0.2) is 48.5 Å². The molecule has 106 valence electrons. The van der Waals surface area contributed by atoms with Gasteiger partial charge in [0.05, 0.1) is 5.02 Å². The normalized spacial score (nSPS) is 12.3. The maximum atomic E-state index is 13.3. The molecule has 0 aromatic heterocycles. The summed E-state index contributed by atoms with van der Waals surface area (Å²) < 4.78 is 13.3. The van der Waals surface area contributed by atoms with E-state index < -0.39 is 0 Å². The smallest absolute Gasteiger partial charge is 0.142 e. The van der Waals surface area contributed by atoms with E-state index in [-0.39, 0.29) is 10.8 Å². The molecule has 0 saturated carbocycles. The summed E-state index contributed by atoms with van der Waals surface area (Å²) in [7, 11) is 0. The van der Waals surface area contributed by atoms with Gasteiger partial charge in [0.15, 0.2) is 0 Å². The Labute approximate surface area is 124 Å². The van der Waals surface area contributed by atoms with Gasteiger partial charge in [-0.2, -0.15) is 0 Å². The van der Waals surface area contributed by atoms with E-state index in [1.165, 1.54) is 11.6 Å². The molecule has 0 radical (unpaired) electrons. The number of hydrogen-bond acceptors (Lipinski definition) is 1. The molecule has 0 aliphatic heterocycles. The van der Waals surface area contributed by atoms with Gasteiger partial charge in [-0.25, -0.2) is 4.39 Å². The first-order chi connectivity index (χ1) is 9.65. The van der Waals surface area contributed by atoms with Crippen LogP contribution < -0.4 is 5.32 Å². The third-order valence-electron chi connectivity index (χ3n) is 3.35. The monoisotopic (exact) mass is 291 g/mol. The lowest BCUT2D eigenvalue weighted by Gasteiger charge is -2.14. The van der Waals surface area contributed by atoms with Gasteiger partial charge in [-0.15, -0.1) is 0 Å². The minimum Gasteiger partial charge on any atom is -0.310 e. The summed E-state index contributed by atoms with van der Waals surface area (Å²) in [5.41, 5.74) is 2.26. The summed E-state index contributed by atoms with van der Waals surface area (Å²) in [5.74, 6) is -0.358. The van der Waals surface area contributed by atoms with E-state index in [1.807, 2.05) is 12.1 Å². The molecule has 2 aromatic carbocycles. The van der Waals surface area contributed by atoms with E-state index in [0.717, 1.165) is 18.4 Å². The van der Waals surface area contributed by atoms with E-state index in [4.69, 9.17) is 11.6 Å². The Morgan fingerprint density at radius 1 is 1.10 bits per heavy atom. The second-order valence-electron chi connectivity index (χ2n) is 5.05. The molecule has 0 spiro atoms. The van der Waals surface area contributed by atoms with Crippen molar-refractivity contribution < 1.29 is 4.39 Å². The number of aryl methyl sites for hydroxylation is 1. The fraction of sp³-hybridized carbons (Fsp3) is 0.294. The van der Waals surface area contributed by atoms with Gasteiger partial charge in [-0.3, -0.25) is 0 Å². The fourth-order valence-corrected chi connectivity index (χ4v) is 2.19.